The Bertz CT molecular complexity index is 961. The monoisotopic (exact) mass is 445 g/mol. The largest absolute Gasteiger partial charge is 0.497 e. The standard InChI is InChI=1S/C24H25Cl2NO3/c1-3-29-24-13-18(15-27-14-17-4-8-20(28-2)9-5-17)7-11-23(24)30-16-19-6-10-21(25)22(26)12-19/h4-13,27H,3,14-16H2,1-2H3. The second-order valence-corrected chi connectivity index (χ2v) is 7.52. The van der Waals surface area contributed by atoms with Gasteiger partial charge in [-0.1, -0.05) is 47.5 Å². The molecule has 0 radical (unpaired) electrons. The number of methoxy groups -OCH3 is 1. The normalized spacial score (nSPS) is 10.7. The molecule has 0 fully saturated rings. The molecular formula is C24H25Cl2NO3. The van der Waals surface area contributed by atoms with Gasteiger partial charge in [0.05, 0.1) is 23.8 Å². The Balaban J connectivity index is 1.59. The van der Waals surface area contributed by atoms with Crippen LogP contribution in [-0.2, 0) is 19.7 Å². The highest BCUT2D eigenvalue weighted by Gasteiger charge is 2.08. The Morgan fingerprint density at radius 1 is 0.733 bits per heavy atom. The van der Waals surface area contributed by atoms with E-state index >= 15 is 0 Å². The topological polar surface area (TPSA) is 39.7 Å². The van der Waals surface area contributed by atoms with Gasteiger partial charge in [-0.05, 0) is 60.0 Å². The maximum absolute atomic E-state index is 6.08. The summed E-state index contributed by atoms with van der Waals surface area (Å²) in [5.74, 6) is 2.28. The van der Waals surface area contributed by atoms with Gasteiger partial charge in [-0.15, -0.1) is 0 Å². The van der Waals surface area contributed by atoms with Crippen LogP contribution in [0.3, 0.4) is 0 Å². The van der Waals surface area contributed by atoms with Gasteiger partial charge in [0, 0.05) is 13.1 Å². The molecule has 6 heteroatoms. The fraction of sp³-hybridized carbons (Fsp3) is 0.250. The summed E-state index contributed by atoms with van der Waals surface area (Å²) in [6.45, 7) is 4.39. The quantitative estimate of drug-likeness (QED) is 0.399. The number of hydrogen-bond acceptors (Lipinski definition) is 4. The average Bonchev–Trinajstić information content (AvgIpc) is 2.76. The molecule has 0 saturated heterocycles. The van der Waals surface area contributed by atoms with Crippen LogP contribution in [0.2, 0.25) is 10.0 Å². The van der Waals surface area contributed by atoms with E-state index < -0.39 is 0 Å². The third-order valence-electron chi connectivity index (χ3n) is 4.50. The minimum absolute atomic E-state index is 0.381. The molecule has 0 aliphatic heterocycles. The molecule has 3 aromatic rings. The molecular weight excluding hydrogens is 421 g/mol. The minimum atomic E-state index is 0.381. The van der Waals surface area contributed by atoms with Crippen LogP contribution in [0.5, 0.6) is 17.2 Å². The molecule has 0 saturated carbocycles. The molecule has 158 valence electrons. The lowest BCUT2D eigenvalue weighted by Gasteiger charge is -2.14. The van der Waals surface area contributed by atoms with E-state index in [4.69, 9.17) is 37.4 Å². The molecule has 0 aliphatic carbocycles. The van der Waals surface area contributed by atoms with Crippen LogP contribution in [0.15, 0.2) is 60.7 Å². The van der Waals surface area contributed by atoms with Crippen LogP contribution < -0.4 is 19.5 Å². The predicted molar refractivity (Wildman–Crippen MR) is 122 cm³/mol. The Morgan fingerprint density at radius 2 is 1.43 bits per heavy atom. The molecule has 1 N–H and O–H groups in total. The third kappa shape index (κ3) is 6.30. The van der Waals surface area contributed by atoms with Crippen molar-refractivity contribution >= 4 is 23.2 Å². The van der Waals surface area contributed by atoms with E-state index in [2.05, 4.69) is 17.4 Å². The number of halogens is 2. The summed E-state index contributed by atoms with van der Waals surface area (Å²) in [5.41, 5.74) is 3.26. The van der Waals surface area contributed by atoms with Gasteiger partial charge in [-0.2, -0.15) is 0 Å². The van der Waals surface area contributed by atoms with Crippen LogP contribution in [0.4, 0.5) is 0 Å². The fourth-order valence-corrected chi connectivity index (χ4v) is 3.26. The van der Waals surface area contributed by atoms with Gasteiger partial charge in [-0.3, -0.25) is 0 Å². The second kappa shape index (κ2) is 11.1. The first-order chi connectivity index (χ1) is 14.6. The van der Waals surface area contributed by atoms with Gasteiger partial charge in [0.25, 0.3) is 0 Å². The van der Waals surface area contributed by atoms with Crippen molar-refractivity contribution in [1.82, 2.24) is 5.32 Å². The molecule has 0 aromatic heterocycles. The molecule has 3 rings (SSSR count). The highest BCUT2D eigenvalue weighted by Crippen LogP contribution is 2.30. The highest BCUT2D eigenvalue weighted by atomic mass is 35.5. The van der Waals surface area contributed by atoms with Crippen molar-refractivity contribution in [3.05, 3.63) is 87.4 Å². The lowest BCUT2D eigenvalue weighted by Crippen LogP contribution is -2.12. The van der Waals surface area contributed by atoms with Crippen molar-refractivity contribution in [3.8, 4) is 17.2 Å². The first kappa shape index (κ1) is 22.3. The average molecular weight is 446 g/mol. The molecule has 0 amide bonds. The zero-order valence-corrected chi connectivity index (χ0v) is 18.6. The zero-order chi connectivity index (χ0) is 21.3. The Morgan fingerprint density at radius 3 is 2.13 bits per heavy atom. The Kier molecular flexibility index (Phi) is 8.26. The Hall–Kier alpha value is -2.40. The third-order valence-corrected chi connectivity index (χ3v) is 5.24. The van der Waals surface area contributed by atoms with E-state index in [9.17, 15) is 0 Å². The first-order valence-electron chi connectivity index (χ1n) is 9.75. The smallest absolute Gasteiger partial charge is 0.161 e. The van der Waals surface area contributed by atoms with E-state index in [1.54, 1.807) is 13.2 Å². The van der Waals surface area contributed by atoms with Crippen molar-refractivity contribution < 1.29 is 14.2 Å². The van der Waals surface area contributed by atoms with Crippen molar-refractivity contribution in [2.75, 3.05) is 13.7 Å². The maximum Gasteiger partial charge on any atom is 0.161 e. The summed E-state index contributed by atoms with van der Waals surface area (Å²) < 4.78 is 16.9. The van der Waals surface area contributed by atoms with E-state index in [0.29, 0.717) is 29.0 Å². The Labute approximate surface area is 187 Å². The number of nitrogens with one attached hydrogen (secondary N) is 1. The zero-order valence-electron chi connectivity index (χ0n) is 17.1. The van der Waals surface area contributed by atoms with Crippen molar-refractivity contribution in [2.24, 2.45) is 0 Å². The fourth-order valence-electron chi connectivity index (χ4n) is 2.94. The van der Waals surface area contributed by atoms with Crippen LogP contribution >= 0.6 is 23.2 Å². The van der Waals surface area contributed by atoms with Gasteiger partial charge in [0.1, 0.15) is 12.4 Å². The van der Waals surface area contributed by atoms with Gasteiger partial charge in [0.2, 0.25) is 0 Å². The van der Waals surface area contributed by atoms with Gasteiger partial charge in [-0.25, -0.2) is 0 Å². The summed E-state index contributed by atoms with van der Waals surface area (Å²) in [7, 11) is 1.67. The predicted octanol–water partition coefficient (Wildman–Crippen LogP) is 6.27. The molecule has 30 heavy (non-hydrogen) atoms. The lowest BCUT2D eigenvalue weighted by atomic mass is 10.1. The van der Waals surface area contributed by atoms with Crippen LogP contribution in [0, 0.1) is 0 Å². The molecule has 0 atom stereocenters. The number of rotatable bonds is 10. The van der Waals surface area contributed by atoms with Gasteiger partial charge in [0.15, 0.2) is 11.5 Å². The molecule has 0 aliphatic rings. The van der Waals surface area contributed by atoms with Crippen LogP contribution in [0.1, 0.15) is 23.6 Å². The maximum atomic E-state index is 6.08. The molecule has 0 spiro atoms. The summed E-state index contributed by atoms with van der Waals surface area (Å²) in [5, 5.41) is 4.49. The first-order valence-corrected chi connectivity index (χ1v) is 10.5. The number of ether oxygens (including phenoxy) is 3. The lowest BCUT2D eigenvalue weighted by molar-refractivity contribution is 0.269. The SMILES string of the molecule is CCOc1cc(CNCc2ccc(OC)cc2)ccc1OCc1ccc(Cl)c(Cl)c1. The molecule has 0 heterocycles. The van der Waals surface area contributed by atoms with Gasteiger partial charge >= 0.3 is 0 Å². The number of benzene rings is 3. The molecule has 4 nitrogen and oxygen atoms in total. The minimum Gasteiger partial charge on any atom is -0.497 e. The van der Waals surface area contributed by atoms with Gasteiger partial charge < -0.3 is 19.5 Å². The summed E-state index contributed by atoms with van der Waals surface area (Å²) in [6, 6.07) is 19.5. The summed E-state index contributed by atoms with van der Waals surface area (Å²) >= 11 is 12.1. The molecule has 0 unspecified atom stereocenters. The van der Waals surface area contributed by atoms with E-state index in [0.717, 1.165) is 35.7 Å². The van der Waals surface area contributed by atoms with Crippen molar-refractivity contribution in [2.45, 2.75) is 26.6 Å². The van der Waals surface area contributed by atoms with E-state index in [1.165, 1.54) is 5.56 Å². The van der Waals surface area contributed by atoms with Crippen LogP contribution in [0.25, 0.3) is 0 Å². The molecule has 0 bridgehead atoms. The van der Waals surface area contributed by atoms with E-state index in [-0.39, 0.29) is 0 Å². The highest BCUT2D eigenvalue weighted by molar-refractivity contribution is 6.42. The second-order valence-electron chi connectivity index (χ2n) is 6.70. The van der Waals surface area contributed by atoms with E-state index in [1.807, 2.05) is 49.4 Å². The van der Waals surface area contributed by atoms with Crippen molar-refractivity contribution in [3.63, 3.8) is 0 Å². The summed E-state index contributed by atoms with van der Waals surface area (Å²) in [6.07, 6.45) is 0. The van der Waals surface area contributed by atoms with Crippen LogP contribution in [-0.4, -0.2) is 13.7 Å². The van der Waals surface area contributed by atoms with Crippen molar-refractivity contribution in [1.29, 1.82) is 0 Å². The number of hydrogen-bond donors (Lipinski definition) is 1. The molecule has 3 aromatic carbocycles. The summed E-state index contributed by atoms with van der Waals surface area (Å²) in [4.78, 5) is 0.